The lowest BCUT2D eigenvalue weighted by Crippen LogP contribution is -2.22. The zero-order chi connectivity index (χ0) is 26.3. The van der Waals surface area contributed by atoms with Crippen molar-refractivity contribution in [3.8, 4) is 16.9 Å². The van der Waals surface area contributed by atoms with E-state index in [1.165, 1.54) is 19.2 Å². The number of nitrogens with zero attached hydrogens (tertiary/aromatic N) is 3. The number of benzene rings is 1. The minimum Gasteiger partial charge on any atom is -0.497 e. The van der Waals surface area contributed by atoms with Crippen LogP contribution < -0.4 is 15.0 Å². The minimum absolute atomic E-state index is 0.0797. The van der Waals surface area contributed by atoms with Crippen LogP contribution in [0, 0.1) is 12.7 Å². The molecule has 11 heteroatoms. The maximum Gasteiger partial charge on any atom is 0.278 e. The number of pyridine rings is 3. The van der Waals surface area contributed by atoms with Gasteiger partial charge in [0, 0.05) is 41.1 Å². The lowest BCUT2D eigenvalue weighted by molar-refractivity contribution is 0.0977. The largest absolute Gasteiger partial charge is 0.497 e. The first-order chi connectivity index (χ1) is 17.8. The van der Waals surface area contributed by atoms with Gasteiger partial charge in [0.25, 0.3) is 11.5 Å². The highest BCUT2D eigenvalue weighted by Crippen LogP contribution is 2.35. The number of aromatic amines is 1. The van der Waals surface area contributed by atoms with Crippen LogP contribution in [0.1, 0.15) is 21.7 Å². The maximum absolute atomic E-state index is 14.8. The first-order valence-corrected chi connectivity index (χ1v) is 12.8. The van der Waals surface area contributed by atoms with E-state index in [1.807, 2.05) is 18.2 Å². The fourth-order valence-electron chi connectivity index (χ4n) is 4.32. The highest BCUT2D eigenvalue weighted by Gasteiger charge is 2.28. The maximum atomic E-state index is 14.8. The Labute approximate surface area is 220 Å². The number of carbonyl (C=O) groups is 1. The summed E-state index contributed by atoms with van der Waals surface area (Å²) in [5, 5.41) is 1.03. The first-order valence-electron chi connectivity index (χ1n) is 11.2. The SMILES string of the molecule is COc1ccc2cc(Cn3c(C(=O)NSC)c(-c4ccc[nH]c4=O)c4nc(C)c(F)cc43)c(Cl)nc2c1. The molecule has 188 valence electrons. The number of hydrogen-bond donors (Lipinski definition) is 2. The van der Waals surface area contributed by atoms with Crippen molar-refractivity contribution < 1.29 is 13.9 Å². The van der Waals surface area contributed by atoms with Gasteiger partial charge in [0.1, 0.15) is 22.4 Å². The smallest absolute Gasteiger partial charge is 0.278 e. The molecule has 0 unspecified atom stereocenters. The molecular weight excluding hydrogens is 517 g/mol. The number of halogens is 2. The number of rotatable bonds is 6. The van der Waals surface area contributed by atoms with Crippen molar-refractivity contribution in [3.63, 3.8) is 0 Å². The summed E-state index contributed by atoms with van der Waals surface area (Å²) in [5.74, 6) is -0.353. The molecule has 0 aliphatic rings. The Morgan fingerprint density at radius 3 is 2.78 bits per heavy atom. The van der Waals surface area contributed by atoms with E-state index in [2.05, 4.69) is 19.7 Å². The summed E-state index contributed by atoms with van der Waals surface area (Å²) in [6.45, 7) is 1.61. The Morgan fingerprint density at radius 1 is 1.24 bits per heavy atom. The van der Waals surface area contributed by atoms with Crippen LogP contribution in [-0.2, 0) is 6.54 Å². The monoisotopic (exact) mass is 537 g/mol. The molecule has 0 aliphatic carbocycles. The van der Waals surface area contributed by atoms with Gasteiger partial charge in [-0.05, 0) is 37.3 Å². The Bertz CT molecular complexity index is 1750. The van der Waals surface area contributed by atoms with Crippen LogP contribution in [0.4, 0.5) is 4.39 Å². The number of ether oxygens (including phenoxy) is 1. The third kappa shape index (κ3) is 4.42. The second-order valence-corrected chi connectivity index (χ2v) is 9.25. The average molecular weight is 538 g/mol. The van der Waals surface area contributed by atoms with Gasteiger partial charge in [-0.3, -0.25) is 14.3 Å². The number of fused-ring (bicyclic) bond motifs is 2. The third-order valence-corrected chi connectivity index (χ3v) is 6.76. The molecule has 0 saturated carbocycles. The quantitative estimate of drug-likeness (QED) is 0.231. The summed E-state index contributed by atoms with van der Waals surface area (Å²) in [4.78, 5) is 37.8. The van der Waals surface area contributed by atoms with Crippen LogP contribution in [0.15, 0.2) is 53.5 Å². The summed E-state index contributed by atoms with van der Waals surface area (Å²) in [6.07, 6.45) is 3.21. The molecule has 2 N–H and O–H groups in total. The van der Waals surface area contributed by atoms with Crippen molar-refractivity contribution in [2.75, 3.05) is 13.4 Å². The topological polar surface area (TPSA) is 102 Å². The fraction of sp³-hybridized carbons (Fsp3) is 0.154. The zero-order valence-corrected chi connectivity index (χ0v) is 21.6. The van der Waals surface area contributed by atoms with Gasteiger partial charge in [-0.15, -0.1) is 0 Å². The van der Waals surface area contributed by atoms with Crippen molar-refractivity contribution >= 4 is 51.4 Å². The van der Waals surface area contributed by atoms with Crippen LogP contribution in [0.5, 0.6) is 5.75 Å². The Hall–Kier alpha value is -3.89. The van der Waals surface area contributed by atoms with Gasteiger partial charge >= 0.3 is 0 Å². The molecule has 0 radical (unpaired) electrons. The number of carbonyl (C=O) groups excluding carboxylic acids is 1. The minimum atomic E-state index is -0.536. The molecule has 4 aromatic heterocycles. The lowest BCUT2D eigenvalue weighted by atomic mass is 10.1. The van der Waals surface area contributed by atoms with E-state index in [9.17, 15) is 14.0 Å². The Morgan fingerprint density at radius 2 is 2.05 bits per heavy atom. The normalized spacial score (nSPS) is 11.3. The predicted octanol–water partition coefficient (Wildman–Crippen LogP) is 5.11. The Balaban J connectivity index is 1.81. The zero-order valence-electron chi connectivity index (χ0n) is 20.1. The van der Waals surface area contributed by atoms with E-state index in [4.69, 9.17) is 16.3 Å². The second-order valence-electron chi connectivity index (χ2n) is 8.28. The molecule has 8 nitrogen and oxygen atoms in total. The number of nitrogens with one attached hydrogen (secondary N) is 2. The van der Waals surface area contributed by atoms with Gasteiger partial charge in [0.05, 0.1) is 41.5 Å². The Kier molecular flexibility index (Phi) is 6.61. The van der Waals surface area contributed by atoms with Crippen molar-refractivity contribution in [1.29, 1.82) is 0 Å². The molecule has 0 spiro atoms. The lowest BCUT2D eigenvalue weighted by Gasteiger charge is -2.13. The second kappa shape index (κ2) is 9.87. The summed E-state index contributed by atoms with van der Waals surface area (Å²) < 4.78 is 24.4. The van der Waals surface area contributed by atoms with Crippen molar-refractivity contribution in [2.24, 2.45) is 0 Å². The number of amides is 1. The number of aromatic nitrogens is 4. The van der Waals surface area contributed by atoms with Crippen molar-refractivity contribution in [1.82, 2.24) is 24.2 Å². The molecule has 5 aromatic rings. The summed E-state index contributed by atoms with van der Waals surface area (Å²) in [5.41, 5.74) is 2.37. The van der Waals surface area contributed by atoms with Gasteiger partial charge in [0.2, 0.25) is 0 Å². The van der Waals surface area contributed by atoms with Gasteiger partial charge in [-0.2, -0.15) is 0 Å². The predicted molar refractivity (Wildman–Crippen MR) is 144 cm³/mol. The van der Waals surface area contributed by atoms with Crippen molar-refractivity contribution in [2.45, 2.75) is 13.5 Å². The number of H-pyrrole nitrogens is 1. The summed E-state index contributed by atoms with van der Waals surface area (Å²) in [7, 11) is 1.57. The van der Waals surface area contributed by atoms with E-state index in [-0.39, 0.29) is 28.6 Å². The van der Waals surface area contributed by atoms with Gasteiger partial charge < -0.3 is 14.3 Å². The fourth-order valence-corrected chi connectivity index (χ4v) is 4.81. The van der Waals surface area contributed by atoms with E-state index in [0.29, 0.717) is 33.4 Å². The van der Waals surface area contributed by atoms with Crippen LogP contribution in [0.25, 0.3) is 33.1 Å². The van der Waals surface area contributed by atoms with E-state index < -0.39 is 17.3 Å². The highest BCUT2D eigenvalue weighted by molar-refractivity contribution is 7.97. The van der Waals surface area contributed by atoms with E-state index in [1.54, 1.807) is 36.1 Å². The molecule has 1 aromatic carbocycles. The van der Waals surface area contributed by atoms with E-state index in [0.717, 1.165) is 17.3 Å². The standard InChI is InChI=1S/C26H21ClFN5O3S/c1-13-18(28)11-20-22(30-13)21(17-5-4-8-29-25(17)34)23(26(35)32-37-3)33(20)12-15-9-14-6-7-16(36-2)10-19(14)31-24(15)27/h4-11H,12H2,1-3H3,(H,29,34)(H,32,35). The number of aryl methyl sites for hydroxylation is 1. The van der Waals surface area contributed by atoms with Crippen LogP contribution >= 0.6 is 23.5 Å². The molecule has 0 saturated heterocycles. The third-order valence-electron chi connectivity index (χ3n) is 6.04. The van der Waals surface area contributed by atoms with Crippen LogP contribution in [-0.4, -0.2) is 38.8 Å². The summed E-state index contributed by atoms with van der Waals surface area (Å²) >= 11 is 7.69. The molecular formula is C26H21ClFN5O3S. The number of methoxy groups -OCH3 is 1. The van der Waals surface area contributed by atoms with Gasteiger partial charge in [-0.1, -0.05) is 23.5 Å². The molecule has 0 fully saturated rings. The summed E-state index contributed by atoms with van der Waals surface area (Å²) in [6, 6.07) is 11.9. The van der Waals surface area contributed by atoms with Crippen molar-refractivity contribution in [3.05, 3.63) is 86.9 Å². The van der Waals surface area contributed by atoms with E-state index >= 15 is 0 Å². The molecule has 4 heterocycles. The average Bonchev–Trinajstić information content (AvgIpc) is 3.17. The van der Waals surface area contributed by atoms with Crippen LogP contribution in [0.2, 0.25) is 5.15 Å². The molecule has 0 bridgehead atoms. The van der Waals surface area contributed by atoms with Gasteiger partial charge in [0.15, 0.2) is 0 Å². The molecule has 5 rings (SSSR count). The number of hydrogen-bond acceptors (Lipinski definition) is 6. The first kappa shape index (κ1) is 24.8. The molecule has 0 aliphatic heterocycles. The van der Waals surface area contributed by atoms with Crippen LogP contribution in [0.3, 0.4) is 0 Å². The molecule has 1 amide bonds. The van der Waals surface area contributed by atoms with Gasteiger partial charge in [-0.25, -0.2) is 14.4 Å². The molecule has 0 atom stereocenters. The highest BCUT2D eigenvalue weighted by atomic mass is 35.5. The molecule has 37 heavy (non-hydrogen) atoms.